The molecule has 20 heavy (non-hydrogen) atoms. The molecule has 0 radical (unpaired) electrons. The zero-order chi connectivity index (χ0) is 14.2. The molecular formula is C12H14BrN3O2S2. The van der Waals surface area contributed by atoms with Gasteiger partial charge in [0.15, 0.2) is 0 Å². The van der Waals surface area contributed by atoms with Gasteiger partial charge in [0.1, 0.15) is 16.3 Å². The molecule has 1 fully saturated rings. The summed E-state index contributed by atoms with van der Waals surface area (Å²) in [5, 5.41) is 0. The largest absolute Gasteiger partial charge is 0.243 e. The highest BCUT2D eigenvalue weighted by Crippen LogP contribution is 2.37. The second-order valence-electron chi connectivity index (χ2n) is 4.96. The molecule has 1 aromatic rings. The summed E-state index contributed by atoms with van der Waals surface area (Å²) in [5.41, 5.74) is 1.08. The average molecular weight is 376 g/mol. The minimum absolute atomic E-state index is 0.00986. The van der Waals surface area contributed by atoms with E-state index < -0.39 is 10.0 Å². The van der Waals surface area contributed by atoms with Crippen LogP contribution < -0.4 is 4.72 Å². The van der Waals surface area contributed by atoms with E-state index in [9.17, 15) is 8.42 Å². The van der Waals surface area contributed by atoms with E-state index in [2.05, 4.69) is 29.4 Å². The van der Waals surface area contributed by atoms with E-state index in [1.807, 2.05) is 0 Å². The Morgan fingerprint density at radius 1 is 1.20 bits per heavy atom. The monoisotopic (exact) mass is 375 g/mol. The van der Waals surface area contributed by atoms with Crippen LogP contribution in [0.3, 0.4) is 0 Å². The van der Waals surface area contributed by atoms with Gasteiger partial charge < -0.3 is 0 Å². The number of hydrogen-bond acceptors (Lipinski definition) is 4. The van der Waals surface area contributed by atoms with Gasteiger partial charge in [-0.25, -0.2) is 13.1 Å². The molecule has 2 aliphatic rings. The number of rotatable bonds is 3. The van der Waals surface area contributed by atoms with Gasteiger partial charge in [-0.05, 0) is 37.8 Å². The number of alkyl halides is 1. The number of fused-ring (bicyclic) bond motifs is 1. The van der Waals surface area contributed by atoms with Crippen LogP contribution in [-0.2, 0) is 21.4 Å². The number of sulfonamides is 1. The first-order valence-corrected chi connectivity index (χ1v) is 9.57. The lowest BCUT2D eigenvalue weighted by Gasteiger charge is -2.25. The summed E-state index contributed by atoms with van der Waals surface area (Å²) < 4.78 is 36.0. The van der Waals surface area contributed by atoms with Crippen LogP contribution >= 0.6 is 15.9 Å². The molecule has 1 saturated carbocycles. The lowest BCUT2D eigenvalue weighted by atomic mass is 9.96. The maximum absolute atomic E-state index is 12.5. The van der Waals surface area contributed by atoms with Crippen LogP contribution in [0.5, 0.6) is 0 Å². The zero-order valence-electron chi connectivity index (χ0n) is 10.6. The van der Waals surface area contributed by atoms with E-state index in [1.54, 1.807) is 18.2 Å². The Balaban J connectivity index is 1.83. The molecule has 1 aliphatic heterocycles. The van der Waals surface area contributed by atoms with E-state index >= 15 is 0 Å². The summed E-state index contributed by atoms with van der Waals surface area (Å²) in [6, 6.07) is 5.07. The van der Waals surface area contributed by atoms with Crippen LogP contribution in [0.1, 0.15) is 25.7 Å². The van der Waals surface area contributed by atoms with Crippen molar-refractivity contribution in [3.63, 3.8) is 0 Å². The lowest BCUT2D eigenvalue weighted by molar-refractivity contribution is 0.423. The second-order valence-corrected chi connectivity index (χ2v) is 8.46. The molecule has 0 atom stereocenters. The van der Waals surface area contributed by atoms with Crippen molar-refractivity contribution < 1.29 is 8.42 Å². The third-order valence-electron chi connectivity index (χ3n) is 3.52. The summed E-state index contributed by atoms with van der Waals surface area (Å²) in [6.45, 7) is 0. The molecule has 1 heterocycles. The predicted octanol–water partition coefficient (Wildman–Crippen LogP) is 3.40. The van der Waals surface area contributed by atoms with Crippen molar-refractivity contribution in [3.8, 4) is 0 Å². The van der Waals surface area contributed by atoms with Gasteiger partial charge in [0, 0.05) is 10.9 Å². The lowest BCUT2D eigenvalue weighted by Crippen LogP contribution is -2.37. The van der Waals surface area contributed by atoms with Crippen LogP contribution in [0.4, 0.5) is 11.4 Å². The zero-order valence-corrected chi connectivity index (χ0v) is 13.8. The fourth-order valence-electron chi connectivity index (χ4n) is 2.45. The molecule has 5 nitrogen and oxygen atoms in total. The van der Waals surface area contributed by atoms with Crippen LogP contribution in [0.25, 0.3) is 0 Å². The standard InChI is InChI=1S/C12H14BrN3O2S2/c13-8-4-6-9(7-5-8)16-20(17,18)11-3-1-2-10-12(11)15-19-14-10/h1-3,8-9,16H,4-7H2. The summed E-state index contributed by atoms with van der Waals surface area (Å²) in [4.78, 5) is 0.735. The Morgan fingerprint density at radius 2 is 1.95 bits per heavy atom. The minimum Gasteiger partial charge on any atom is -0.208 e. The molecule has 0 unspecified atom stereocenters. The highest BCUT2D eigenvalue weighted by Gasteiger charge is 2.27. The van der Waals surface area contributed by atoms with Gasteiger partial charge in [0.05, 0.1) is 11.4 Å². The Labute approximate surface area is 130 Å². The molecule has 0 bridgehead atoms. The molecule has 1 aromatic carbocycles. The van der Waals surface area contributed by atoms with Gasteiger partial charge in [-0.3, -0.25) is 0 Å². The van der Waals surface area contributed by atoms with Crippen molar-refractivity contribution >= 4 is 48.7 Å². The smallest absolute Gasteiger partial charge is 0.208 e. The van der Waals surface area contributed by atoms with E-state index in [0.29, 0.717) is 16.2 Å². The van der Waals surface area contributed by atoms with Crippen molar-refractivity contribution in [2.75, 3.05) is 0 Å². The van der Waals surface area contributed by atoms with Gasteiger partial charge in [0.25, 0.3) is 0 Å². The quantitative estimate of drug-likeness (QED) is 0.834. The Hall–Kier alpha value is -0.570. The predicted molar refractivity (Wildman–Crippen MR) is 83.3 cm³/mol. The summed E-state index contributed by atoms with van der Waals surface area (Å²) >= 11 is 4.60. The summed E-state index contributed by atoms with van der Waals surface area (Å²) in [5.74, 6) is 0. The molecule has 108 valence electrons. The fraction of sp³-hybridized carbons (Fsp3) is 0.500. The molecule has 0 amide bonds. The maximum atomic E-state index is 12.5. The minimum atomic E-state index is -3.54. The Morgan fingerprint density at radius 3 is 2.70 bits per heavy atom. The molecule has 0 saturated heterocycles. The number of nitrogens with zero attached hydrogens (tertiary/aromatic N) is 2. The van der Waals surface area contributed by atoms with E-state index in [-0.39, 0.29) is 10.9 Å². The third kappa shape index (κ3) is 2.88. The van der Waals surface area contributed by atoms with E-state index in [0.717, 1.165) is 37.0 Å². The first-order valence-electron chi connectivity index (χ1n) is 6.44. The number of halogens is 1. The first-order chi connectivity index (χ1) is 9.56. The molecule has 0 spiro atoms. The van der Waals surface area contributed by atoms with Gasteiger partial charge >= 0.3 is 0 Å². The Kier molecular flexibility index (Phi) is 4.07. The van der Waals surface area contributed by atoms with Gasteiger partial charge in [-0.2, -0.15) is 8.73 Å². The van der Waals surface area contributed by atoms with Gasteiger partial charge in [-0.15, -0.1) is 0 Å². The van der Waals surface area contributed by atoms with Crippen molar-refractivity contribution in [2.24, 2.45) is 8.73 Å². The molecule has 1 aliphatic carbocycles. The third-order valence-corrected chi connectivity index (χ3v) is 6.53. The molecular weight excluding hydrogens is 362 g/mol. The van der Waals surface area contributed by atoms with Crippen LogP contribution in [-0.4, -0.2) is 19.3 Å². The number of benzene rings is 1. The number of nitrogens with one attached hydrogen (secondary N) is 1. The SMILES string of the molecule is O=S(=O)(NC1CCC(Br)CC1)c1cccc2c1N=S=N2. The van der Waals surface area contributed by atoms with Crippen molar-refractivity contribution in [2.45, 2.75) is 41.4 Å². The second kappa shape index (κ2) is 5.67. The normalized spacial score (nSPS) is 25.2. The van der Waals surface area contributed by atoms with Crippen molar-refractivity contribution in [1.29, 1.82) is 0 Å². The van der Waals surface area contributed by atoms with Crippen molar-refractivity contribution in [1.82, 2.24) is 4.72 Å². The highest BCUT2D eigenvalue weighted by atomic mass is 79.9. The van der Waals surface area contributed by atoms with Crippen LogP contribution in [0.2, 0.25) is 0 Å². The van der Waals surface area contributed by atoms with Crippen LogP contribution in [0, 0.1) is 0 Å². The fourth-order valence-corrected chi connectivity index (χ4v) is 5.05. The van der Waals surface area contributed by atoms with E-state index in [4.69, 9.17) is 0 Å². The first kappa shape index (κ1) is 14.4. The van der Waals surface area contributed by atoms with E-state index in [1.165, 1.54) is 0 Å². The molecule has 8 heteroatoms. The number of hydrogen-bond donors (Lipinski definition) is 1. The summed E-state index contributed by atoms with van der Waals surface area (Å²) in [7, 11) is -3.54. The molecule has 3 rings (SSSR count). The van der Waals surface area contributed by atoms with Crippen molar-refractivity contribution in [3.05, 3.63) is 18.2 Å². The van der Waals surface area contributed by atoms with Gasteiger partial charge in [0.2, 0.25) is 10.0 Å². The highest BCUT2D eigenvalue weighted by molar-refractivity contribution is 9.09. The van der Waals surface area contributed by atoms with Crippen LogP contribution in [0.15, 0.2) is 31.8 Å². The van der Waals surface area contributed by atoms with Gasteiger partial charge in [-0.1, -0.05) is 22.0 Å². The maximum Gasteiger partial charge on any atom is 0.243 e. The molecule has 0 aromatic heterocycles. The summed E-state index contributed by atoms with van der Waals surface area (Å²) in [6.07, 6.45) is 3.71. The topological polar surface area (TPSA) is 70.9 Å². The Bertz CT molecular complexity index is 691. The molecule has 1 N–H and O–H groups in total. The average Bonchev–Trinajstić information content (AvgIpc) is 2.89.